The monoisotopic (exact) mass is 311 g/mol. The van der Waals surface area contributed by atoms with E-state index in [1.54, 1.807) is 0 Å². The molecule has 2 unspecified atom stereocenters. The van der Waals surface area contributed by atoms with E-state index in [1.165, 1.54) is 25.7 Å². The first-order chi connectivity index (χ1) is 10.0. The van der Waals surface area contributed by atoms with E-state index in [0.29, 0.717) is 17.9 Å². The van der Waals surface area contributed by atoms with Crippen LogP contribution >= 0.6 is 11.6 Å². The maximum Gasteiger partial charge on any atom is 0.231 e. The molecule has 1 heterocycles. The van der Waals surface area contributed by atoms with E-state index in [2.05, 4.69) is 52.6 Å². The first kappa shape index (κ1) is 16.3. The van der Waals surface area contributed by atoms with E-state index in [-0.39, 0.29) is 5.28 Å². The molecule has 0 aromatic carbocycles. The van der Waals surface area contributed by atoms with Crippen molar-refractivity contribution in [2.75, 3.05) is 29.9 Å². The lowest BCUT2D eigenvalue weighted by Crippen LogP contribution is -2.37. The van der Waals surface area contributed by atoms with Gasteiger partial charge in [0.05, 0.1) is 0 Å². The van der Waals surface area contributed by atoms with E-state index in [4.69, 9.17) is 11.6 Å². The summed E-state index contributed by atoms with van der Waals surface area (Å²) >= 11 is 6.10. The first-order valence-corrected chi connectivity index (χ1v) is 8.32. The van der Waals surface area contributed by atoms with Gasteiger partial charge in [-0.3, -0.25) is 0 Å². The summed E-state index contributed by atoms with van der Waals surface area (Å²) in [6, 6.07) is 0.497. The summed E-state index contributed by atoms with van der Waals surface area (Å²) in [5.41, 5.74) is 0. The summed E-state index contributed by atoms with van der Waals surface area (Å²) in [5, 5.41) is 0.276. The van der Waals surface area contributed by atoms with Crippen molar-refractivity contribution in [1.29, 1.82) is 0 Å². The Bertz CT molecular complexity index is 463. The number of anilines is 2. The largest absolute Gasteiger partial charge is 0.341 e. The van der Waals surface area contributed by atoms with E-state index in [9.17, 15) is 0 Å². The quantitative estimate of drug-likeness (QED) is 0.834. The molecule has 1 aromatic rings. The zero-order valence-corrected chi connectivity index (χ0v) is 14.3. The molecule has 0 aliphatic heterocycles. The maximum absolute atomic E-state index is 6.10. The normalized spacial score (nSPS) is 22.1. The Morgan fingerprint density at radius 2 is 1.76 bits per heavy atom. The van der Waals surface area contributed by atoms with Crippen LogP contribution in [0.4, 0.5) is 11.9 Å². The lowest BCUT2D eigenvalue weighted by molar-refractivity contribution is 0.334. The Balaban J connectivity index is 2.22. The lowest BCUT2D eigenvalue weighted by atomic mass is 9.86. The average Bonchev–Trinajstić information content (AvgIpc) is 2.47. The van der Waals surface area contributed by atoms with Gasteiger partial charge in [-0.1, -0.05) is 19.8 Å². The summed E-state index contributed by atoms with van der Waals surface area (Å²) in [6.07, 6.45) is 5.00. The highest BCUT2D eigenvalue weighted by Gasteiger charge is 2.25. The van der Waals surface area contributed by atoms with Crippen LogP contribution in [-0.2, 0) is 0 Å². The van der Waals surface area contributed by atoms with Crippen LogP contribution in [0.1, 0.15) is 46.5 Å². The molecule has 0 radical (unpaired) electrons. The van der Waals surface area contributed by atoms with Gasteiger partial charge in [-0.15, -0.1) is 0 Å². The van der Waals surface area contributed by atoms with Crippen LogP contribution in [0.15, 0.2) is 0 Å². The Labute approximate surface area is 132 Å². The molecule has 2 rings (SSSR count). The Morgan fingerprint density at radius 1 is 1.10 bits per heavy atom. The fraction of sp³-hybridized carbons (Fsp3) is 0.800. The van der Waals surface area contributed by atoms with E-state index < -0.39 is 0 Å². The third-order valence-electron chi connectivity index (χ3n) is 4.40. The zero-order chi connectivity index (χ0) is 15.4. The second-order valence-corrected chi connectivity index (χ2v) is 6.25. The average molecular weight is 312 g/mol. The van der Waals surface area contributed by atoms with Crippen molar-refractivity contribution in [3.05, 3.63) is 5.28 Å². The first-order valence-electron chi connectivity index (χ1n) is 7.94. The SMILES string of the molecule is CCN(CC)c1nc(Cl)nc(N(C)C2CCCC(C)C2)n1. The van der Waals surface area contributed by atoms with Gasteiger partial charge in [0.15, 0.2) is 0 Å². The van der Waals surface area contributed by atoms with Crippen molar-refractivity contribution < 1.29 is 0 Å². The maximum atomic E-state index is 6.10. The fourth-order valence-corrected chi connectivity index (χ4v) is 3.20. The van der Waals surface area contributed by atoms with Gasteiger partial charge in [-0.2, -0.15) is 15.0 Å². The van der Waals surface area contributed by atoms with Crippen LogP contribution < -0.4 is 9.80 Å². The summed E-state index contributed by atoms with van der Waals surface area (Å²) < 4.78 is 0. The minimum Gasteiger partial charge on any atom is -0.341 e. The number of hydrogen-bond acceptors (Lipinski definition) is 5. The molecule has 1 fully saturated rings. The van der Waals surface area contributed by atoms with Gasteiger partial charge in [-0.05, 0) is 44.2 Å². The predicted molar refractivity (Wildman–Crippen MR) is 88.2 cm³/mol. The zero-order valence-electron chi connectivity index (χ0n) is 13.5. The summed E-state index contributed by atoms with van der Waals surface area (Å²) in [5.74, 6) is 2.13. The van der Waals surface area contributed by atoms with Crippen LogP contribution in [0.2, 0.25) is 5.28 Å². The molecule has 0 amide bonds. The molecule has 118 valence electrons. The van der Waals surface area contributed by atoms with Crippen molar-refractivity contribution in [2.24, 2.45) is 5.92 Å². The number of aromatic nitrogens is 3. The molecule has 1 aromatic heterocycles. The molecule has 1 saturated carbocycles. The molecule has 21 heavy (non-hydrogen) atoms. The standard InChI is InChI=1S/C15H26ClN5/c1-5-21(6-2)15-18-13(16)17-14(19-15)20(4)12-9-7-8-11(3)10-12/h11-12H,5-10H2,1-4H3. The van der Waals surface area contributed by atoms with Gasteiger partial charge in [0.25, 0.3) is 0 Å². The van der Waals surface area contributed by atoms with Crippen LogP contribution in [0.25, 0.3) is 0 Å². The molecule has 1 aliphatic rings. The summed E-state index contributed by atoms with van der Waals surface area (Å²) in [6.45, 7) is 8.23. The van der Waals surface area contributed by atoms with E-state index in [0.717, 1.165) is 19.0 Å². The Morgan fingerprint density at radius 3 is 2.38 bits per heavy atom. The van der Waals surface area contributed by atoms with Crippen LogP contribution in [0, 0.1) is 5.92 Å². The highest BCUT2D eigenvalue weighted by atomic mass is 35.5. The number of nitrogens with zero attached hydrogens (tertiary/aromatic N) is 5. The molecule has 0 saturated heterocycles. The molecule has 6 heteroatoms. The third kappa shape index (κ3) is 3.96. The van der Waals surface area contributed by atoms with Crippen LogP contribution in [-0.4, -0.2) is 41.1 Å². The Hall–Kier alpha value is -1.10. The van der Waals surface area contributed by atoms with Crippen molar-refractivity contribution in [1.82, 2.24) is 15.0 Å². The van der Waals surface area contributed by atoms with Gasteiger partial charge >= 0.3 is 0 Å². The number of hydrogen-bond donors (Lipinski definition) is 0. The smallest absolute Gasteiger partial charge is 0.231 e. The van der Waals surface area contributed by atoms with E-state index in [1.807, 2.05) is 0 Å². The molecule has 0 N–H and O–H groups in total. The van der Waals surface area contributed by atoms with Gasteiger partial charge in [0.1, 0.15) is 0 Å². The highest BCUT2D eigenvalue weighted by molar-refractivity contribution is 6.28. The molecule has 5 nitrogen and oxygen atoms in total. The summed E-state index contributed by atoms with van der Waals surface area (Å²) in [7, 11) is 2.07. The third-order valence-corrected chi connectivity index (χ3v) is 4.57. The van der Waals surface area contributed by atoms with Crippen molar-refractivity contribution >= 4 is 23.5 Å². The Kier molecular flexibility index (Phi) is 5.62. The van der Waals surface area contributed by atoms with Gasteiger partial charge in [-0.25, -0.2) is 0 Å². The number of rotatable bonds is 5. The van der Waals surface area contributed by atoms with Gasteiger partial charge in [0.2, 0.25) is 17.2 Å². The highest BCUT2D eigenvalue weighted by Crippen LogP contribution is 2.29. The molecule has 1 aliphatic carbocycles. The second-order valence-electron chi connectivity index (χ2n) is 5.91. The molecular weight excluding hydrogens is 286 g/mol. The minimum absolute atomic E-state index is 0.276. The van der Waals surface area contributed by atoms with Gasteiger partial charge in [0, 0.05) is 26.2 Å². The van der Waals surface area contributed by atoms with Crippen molar-refractivity contribution in [3.63, 3.8) is 0 Å². The number of halogens is 1. The molecular formula is C15H26ClN5. The van der Waals surface area contributed by atoms with Crippen molar-refractivity contribution in [2.45, 2.75) is 52.5 Å². The minimum atomic E-state index is 0.276. The van der Waals surface area contributed by atoms with Crippen LogP contribution in [0.3, 0.4) is 0 Å². The van der Waals surface area contributed by atoms with Crippen molar-refractivity contribution in [3.8, 4) is 0 Å². The predicted octanol–water partition coefficient (Wildman–Crippen LogP) is 3.39. The molecule has 0 bridgehead atoms. The summed E-state index contributed by atoms with van der Waals surface area (Å²) in [4.78, 5) is 17.5. The second kappa shape index (κ2) is 7.25. The lowest BCUT2D eigenvalue weighted by Gasteiger charge is -2.34. The van der Waals surface area contributed by atoms with E-state index >= 15 is 0 Å². The fourth-order valence-electron chi connectivity index (χ4n) is 3.05. The molecule has 0 spiro atoms. The van der Waals surface area contributed by atoms with Gasteiger partial charge < -0.3 is 9.80 Å². The van der Waals surface area contributed by atoms with Crippen LogP contribution in [0.5, 0.6) is 0 Å². The topological polar surface area (TPSA) is 45.2 Å². The molecule has 2 atom stereocenters.